The molecule has 1 saturated heterocycles. The Bertz CT molecular complexity index is 1020. The summed E-state index contributed by atoms with van der Waals surface area (Å²) in [4.78, 5) is 27.3. The fourth-order valence-corrected chi connectivity index (χ4v) is 3.90. The van der Waals surface area contributed by atoms with Gasteiger partial charge in [0, 0.05) is 35.3 Å². The van der Waals surface area contributed by atoms with E-state index in [2.05, 4.69) is 5.32 Å². The van der Waals surface area contributed by atoms with Crippen LogP contribution < -0.4 is 5.32 Å². The van der Waals surface area contributed by atoms with Crippen LogP contribution in [0.1, 0.15) is 33.6 Å². The molecule has 0 atom stereocenters. The van der Waals surface area contributed by atoms with Crippen LogP contribution in [0.4, 0.5) is 0 Å². The third-order valence-electron chi connectivity index (χ3n) is 5.22. The number of carbonyl (C=O) groups is 2. The van der Waals surface area contributed by atoms with Crippen molar-refractivity contribution in [2.45, 2.75) is 18.9 Å². The SMILES string of the molecule is O=C(NC1CCN(C(=O)c2cccc3ccccc23)CC1)c1cccc(Cl)c1. The van der Waals surface area contributed by atoms with Crippen LogP contribution in [0.3, 0.4) is 0 Å². The maximum atomic E-state index is 13.0. The van der Waals surface area contributed by atoms with E-state index < -0.39 is 0 Å². The highest BCUT2D eigenvalue weighted by molar-refractivity contribution is 6.30. The van der Waals surface area contributed by atoms with Gasteiger partial charge in [0.25, 0.3) is 11.8 Å². The molecule has 0 aromatic heterocycles. The molecule has 1 N–H and O–H groups in total. The number of piperidine rings is 1. The van der Waals surface area contributed by atoms with Crippen molar-refractivity contribution in [3.63, 3.8) is 0 Å². The molecule has 3 aromatic carbocycles. The normalized spacial score (nSPS) is 14.8. The second-order valence-corrected chi connectivity index (χ2v) is 7.51. The summed E-state index contributed by atoms with van der Waals surface area (Å²) in [6.07, 6.45) is 1.48. The van der Waals surface area contributed by atoms with Crippen molar-refractivity contribution in [1.29, 1.82) is 0 Å². The molecule has 0 saturated carbocycles. The van der Waals surface area contributed by atoms with Crippen LogP contribution in [0.25, 0.3) is 10.8 Å². The van der Waals surface area contributed by atoms with Gasteiger partial charge in [0.15, 0.2) is 0 Å². The Morgan fingerprint density at radius 3 is 2.43 bits per heavy atom. The lowest BCUT2D eigenvalue weighted by molar-refractivity contribution is 0.0700. The quantitative estimate of drug-likeness (QED) is 0.712. The number of nitrogens with one attached hydrogen (secondary N) is 1. The first-order chi connectivity index (χ1) is 13.6. The van der Waals surface area contributed by atoms with E-state index in [4.69, 9.17) is 11.6 Å². The van der Waals surface area contributed by atoms with Crippen molar-refractivity contribution in [3.8, 4) is 0 Å². The molecule has 5 heteroatoms. The summed E-state index contributed by atoms with van der Waals surface area (Å²) in [5, 5.41) is 5.65. The molecule has 4 nitrogen and oxygen atoms in total. The van der Waals surface area contributed by atoms with Crippen molar-refractivity contribution in [2.75, 3.05) is 13.1 Å². The lowest BCUT2D eigenvalue weighted by Gasteiger charge is -2.32. The molecule has 0 unspecified atom stereocenters. The molecular formula is C23H21ClN2O2. The van der Waals surface area contributed by atoms with E-state index >= 15 is 0 Å². The van der Waals surface area contributed by atoms with Gasteiger partial charge in [0.1, 0.15) is 0 Å². The molecule has 0 spiro atoms. The second kappa shape index (κ2) is 8.03. The average molecular weight is 393 g/mol. The maximum absolute atomic E-state index is 13.0. The highest BCUT2D eigenvalue weighted by atomic mass is 35.5. The zero-order valence-corrected chi connectivity index (χ0v) is 16.2. The summed E-state index contributed by atoms with van der Waals surface area (Å²) in [5.74, 6) is -0.0715. The summed E-state index contributed by atoms with van der Waals surface area (Å²) in [7, 11) is 0. The van der Waals surface area contributed by atoms with Gasteiger partial charge in [-0.2, -0.15) is 0 Å². The molecule has 1 aliphatic rings. The van der Waals surface area contributed by atoms with Crippen molar-refractivity contribution in [3.05, 3.63) is 82.9 Å². The number of likely N-dealkylation sites (tertiary alicyclic amines) is 1. The molecule has 0 bridgehead atoms. The van der Waals surface area contributed by atoms with Gasteiger partial charge in [-0.1, -0.05) is 54.1 Å². The topological polar surface area (TPSA) is 49.4 Å². The molecule has 28 heavy (non-hydrogen) atoms. The Morgan fingerprint density at radius 2 is 1.64 bits per heavy atom. The first-order valence-electron chi connectivity index (χ1n) is 9.45. The summed E-state index contributed by atoms with van der Waals surface area (Å²) in [6, 6.07) is 20.7. The van der Waals surface area contributed by atoms with E-state index in [1.54, 1.807) is 24.3 Å². The molecule has 1 heterocycles. The van der Waals surface area contributed by atoms with Crippen LogP contribution in [-0.4, -0.2) is 35.8 Å². The van der Waals surface area contributed by atoms with E-state index in [1.165, 1.54) is 0 Å². The van der Waals surface area contributed by atoms with Gasteiger partial charge in [-0.25, -0.2) is 0 Å². The summed E-state index contributed by atoms with van der Waals surface area (Å²) >= 11 is 5.96. The van der Waals surface area contributed by atoms with Crippen molar-refractivity contribution in [2.24, 2.45) is 0 Å². The number of rotatable bonds is 3. The van der Waals surface area contributed by atoms with Gasteiger partial charge in [0.2, 0.25) is 0 Å². The highest BCUT2D eigenvalue weighted by Gasteiger charge is 2.25. The van der Waals surface area contributed by atoms with Crippen molar-refractivity contribution >= 4 is 34.2 Å². The zero-order valence-electron chi connectivity index (χ0n) is 15.4. The Balaban J connectivity index is 1.40. The fraction of sp³-hybridized carbons (Fsp3) is 0.217. The zero-order chi connectivity index (χ0) is 19.5. The number of hydrogen-bond acceptors (Lipinski definition) is 2. The largest absolute Gasteiger partial charge is 0.349 e. The molecule has 1 fully saturated rings. The van der Waals surface area contributed by atoms with Crippen LogP contribution in [-0.2, 0) is 0 Å². The maximum Gasteiger partial charge on any atom is 0.254 e. The van der Waals surface area contributed by atoms with Gasteiger partial charge in [-0.05, 0) is 47.9 Å². The van der Waals surface area contributed by atoms with Crippen LogP contribution in [0.2, 0.25) is 5.02 Å². The minimum atomic E-state index is -0.124. The number of amides is 2. The Kier molecular flexibility index (Phi) is 5.31. The number of nitrogens with zero attached hydrogens (tertiary/aromatic N) is 1. The van der Waals surface area contributed by atoms with E-state index in [0.29, 0.717) is 23.7 Å². The van der Waals surface area contributed by atoms with Crippen LogP contribution >= 0.6 is 11.6 Å². The molecule has 0 radical (unpaired) electrons. The molecular weight excluding hydrogens is 372 g/mol. The molecule has 3 aromatic rings. The Hall–Kier alpha value is -2.85. The highest BCUT2D eigenvalue weighted by Crippen LogP contribution is 2.22. The first-order valence-corrected chi connectivity index (χ1v) is 9.83. The Labute approximate surface area is 169 Å². The monoisotopic (exact) mass is 392 g/mol. The minimum absolute atomic E-state index is 0.0522. The lowest BCUT2D eigenvalue weighted by atomic mass is 10.0. The van der Waals surface area contributed by atoms with Crippen molar-refractivity contribution < 1.29 is 9.59 Å². The fourth-order valence-electron chi connectivity index (χ4n) is 3.71. The smallest absolute Gasteiger partial charge is 0.254 e. The number of carbonyl (C=O) groups excluding carboxylic acids is 2. The minimum Gasteiger partial charge on any atom is -0.349 e. The lowest BCUT2D eigenvalue weighted by Crippen LogP contribution is -2.46. The third kappa shape index (κ3) is 3.87. The number of halogens is 1. The summed E-state index contributed by atoms with van der Waals surface area (Å²) in [6.45, 7) is 1.26. The van der Waals surface area contributed by atoms with Gasteiger partial charge in [-0.3, -0.25) is 9.59 Å². The van der Waals surface area contributed by atoms with E-state index in [1.807, 2.05) is 47.4 Å². The van der Waals surface area contributed by atoms with Crippen LogP contribution in [0, 0.1) is 0 Å². The third-order valence-corrected chi connectivity index (χ3v) is 5.46. The van der Waals surface area contributed by atoms with E-state index in [9.17, 15) is 9.59 Å². The first kappa shape index (κ1) is 18.5. The van der Waals surface area contributed by atoms with Crippen LogP contribution in [0.5, 0.6) is 0 Å². The molecule has 142 valence electrons. The number of benzene rings is 3. The number of hydrogen-bond donors (Lipinski definition) is 1. The predicted molar refractivity (Wildman–Crippen MR) is 112 cm³/mol. The molecule has 1 aliphatic heterocycles. The van der Waals surface area contributed by atoms with Gasteiger partial charge in [0.05, 0.1) is 0 Å². The molecule has 4 rings (SSSR count). The summed E-state index contributed by atoms with van der Waals surface area (Å²) in [5.41, 5.74) is 1.29. The van der Waals surface area contributed by atoms with Gasteiger partial charge in [-0.15, -0.1) is 0 Å². The standard InChI is InChI=1S/C23H21ClN2O2/c24-18-8-3-7-17(15-18)22(27)25-19-11-13-26(14-12-19)23(28)21-10-4-6-16-5-1-2-9-20(16)21/h1-10,15,19H,11-14H2,(H,25,27). The van der Waals surface area contributed by atoms with E-state index in [0.717, 1.165) is 29.2 Å². The predicted octanol–water partition coefficient (Wildman–Crippen LogP) is 4.53. The molecule has 2 amide bonds. The number of fused-ring (bicyclic) bond motifs is 1. The summed E-state index contributed by atoms with van der Waals surface area (Å²) < 4.78 is 0. The van der Waals surface area contributed by atoms with Gasteiger partial charge >= 0.3 is 0 Å². The average Bonchev–Trinajstić information content (AvgIpc) is 2.73. The van der Waals surface area contributed by atoms with Crippen molar-refractivity contribution in [1.82, 2.24) is 10.2 Å². The molecule has 0 aliphatic carbocycles. The Morgan fingerprint density at radius 1 is 0.929 bits per heavy atom. The van der Waals surface area contributed by atoms with Gasteiger partial charge < -0.3 is 10.2 Å². The van der Waals surface area contributed by atoms with E-state index in [-0.39, 0.29) is 17.9 Å². The second-order valence-electron chi connectivity index (χ2n) is 7.08. The van der Waals surface area contributed by atoms with Crippen LogP contribution in [0.15, 0.2) is 66.7 Å².